The number of carbonyl (C=O) groups is 3. The lowest BCUT2D eigenvalue weighted by Gasteiger charge is -2.50. The Bertz CT molecular complexity index is 1160. The Kier molecular flexibility index (Phi) is 5.64. The average Bonchev–Trinajstić information content (AvgIpc) is 2.71. The second kappa shape index (κ2) is 8.18. The molecular weight excluding hydrogens is 414 g/mol. The molecule has 1 fully saturated rings. The van der Waals surface area contributed by atoms with Gasteiger partial charge in [0.05, 0.1) is 5.69 Å². The van der Waals surface area contributed by atoms with Crippen LogP contribution in [0.4, 0.5) is 16.2 Å². The van der Waals surface area contributed by atoms with Crippen LogP contribution in [0.3, 0.4) is 0 Å². The lowest BCUT2D eigenvalue weighted by atomic mass is 9.78. The maximum Gasteiger partial charge on any atom is 0.335 e. The summed E-state index contributed by atoms with van der Waals surface area (Å²) in [7, 11) is 0. The smallest absolute Gasteiger partial charge is 0.335 e. The molecule has 0 radical (unpaired) electrons. The number of rotatable bonds is 3. The van der Waals surface area contributed by atoms with Crippen molar-refractivity contribution in [2.24, 2.45) is 0 Å². The number of nitrogens with zero attached hydrogens (tertiary/aromatic N) is 2. The molecule has 2 aliphatic heterocycles. The van der Waals surface area contributed by atoms with Gasteiger partial charge in [0.25, 0.3) is 11.8 Å². The molecule has 172 valence electrons. The average molecular weight is 446 g/mol. The predicted octanol–water partition coefficient (Wildman–Crippen LogP) is 5.16. The number of imide groups is 2. The Balaban J connectivity index is 1.73. The first kappa shape index (κ1) is 22.8. The van der Waals surface area contributed by atoms with E-state index in [1.807, 2.05) is 25.1 Å². The van der Waals surface area contributed by atoms with Gasteiger partial charge in [-0.15, -0.1) is 0 Å². The van der Waals surface area contributed by atoms with Crippen molar-refractivity contribution in [2.75, 3.05) is 9.80 Å². The zero-order valence-electron chi connectivity index (χ0n) is 20.1. The van der Waals surface area contributed by atoms with Gasteiger partial charge in [0.1, 0.15) is 5.57 Å². The quantitative estimate of drug-likeness (QED) is 0.523. The molecule has 1 atom stereocenters. The molecule has 33 heavy (non-hydrogen) atoms. The summed E-state index contributed by atoms with van der Waals surface area (Å²) >= 11 is 0. The van der Waals surface area contributed by atoms with Gasteiger partial charge in [-0.05, 0) is 88.4 Å². The van der Waals surface area contributed by atoms with Crippen LogP contribution >= 0.6 is 0 Å². The van der Waals surface area contributed by atoms with Crippen LogP contribution in [-0.2, 0) is 9.59 Å². The van der Waals surface area contributed by atoms with Crippen LogP contribution in [0, 0.1) is 6.92 Å². The number of barbiturate groups is 1. The molecule has 2 aliphatic rings. The van der Waals surface area contributed by atoms with E-state index in [2.05, 4.69) is 57.0 Å². The second-order valence-electron chi connectivity index (χ2n) is 9.99. The standard InChI is InChI=1S/C27H31N3O3/c1-16(2)30-23-12-9-19(13-21(23)18(4)15-27(30,5)6)14-22-24(31)28-26(33)29(25(22)32)20-10-7-17(3)8-11-20/h7-14,16,18H,15H2,1-6H3,(H,28,31,33)/b22-14+. The summed E-state index contributed by atoms with van der Waals surface area (Å²) in [6.07, 6.45) is 2.59. The number of aryl methyl sites for hydroxylation is 1. The van der Waals surface area contributed by atoms with Crippen molar-refractivity contribution in [3.8, 4) is 0 Å². The number of hydrogen-bond donors (Lipinski definition) is 1. The van der Waals surface area contributed by atoms with Crippen LogP contribution < -0.4 is 15.1 Å². The number of fused-ring (bicyclic) bond motifs is 1. The van der Waals surface area contributed by atoms with Gasteiger partial charge in [0.15, 0.2) is 0 Å². The van der Waals surface area contributed by atoms with Gasteiger partial charge in [-0.3, -0.25) is 14.9 Å². The fourth-order valence-electron chi connectivity index (χ4n) is 5.29. The Morgan fingerprint density at radius 3 is 2.36 bits per heavy atom. The van der Waals surface area contributed by atoms with Gasteiger partial charge in [-0.2, -0.15) is 0 Å². The van der Waals surface area contributed by atoms with E-state index < -0.39 is 17.8 Å². The van der Waals surface area contributed by atoms with Crippen molar-refractivity contribution in [1.82, 2.24) is 5.32 Å². The molecular formula is C27H31N3O3. The minimum atomic E-state index is -0.736. The molecule has 0 aliphatic carbocycles. The third-order valence-electron chi connectivity index (χ3n) is 6.52. The first-order valence-corrected chi connectivity index (χ1v) is 11.4. The molecule has 0 spiro atoms. The summed E-state index contributed by atoms with van der Waals surface area (Å²) in [6, 6.07) is 12.7. The molecule has 4 rings (SSSR count). The van der Waals surface area contributed by atoms with Crippen LogP contribution in [0.15, 0.2) is 48.0 Å². The predicted molar refractivity (Wildman–Crippen MR) is 131 cm³/mol. The summed E-state index contributed by atoms with van der Waals surface area (Å²) in [5, 5.41) is 2.30. The van der Waals surface area contributed by atoms with E-state index in [1.54, 1.807) is 18.2 Å². The molecule has 4 amide bonds. The zero-order valence-corrected chi connectivity index (χ0v) is 20.1. The van der Waals surface area contributed by atoms with Gasteiger partial charge in [-0.1, -0.05) is 30.7 Å². The second-order valence-corrected chi connectivity index (χ2v) is 9.99. The third-order valence-corrected chi connectivity index (χ3v) is 6.52. The number of amides is 4. The van der Waals surface area contributed by atoms with Crippen molar-refractivity contribution in [2.45, 2.75) is 65.5 Å². The van der Waals surface area contributed by atoms with Crippen molar-refractivity contribution in [1.29, 1.82) is 0 Å². The molecule has 2 aromatic carbocycles. The van der Waals surface area contributed by atoms with E-state index >= 15 is 0 Å². The summed E-state index contributed by atoms with van der Waals surface area (Å²) in [5.41, 5.74) is 4.57. The number of benzene rings is 2. The highest BCUT2D eigenvalue weighted by Crippen LogP contribution is 2.44. The van der Waals surface area contributed by atoms with Gasteiger partial charge >= 0.3 is 6.03 Å². The summed E-state index contributed by atoms with van der Waals surface area (Å²) in [5.74, 6) is -0.961. The first-order chi connectivity index (χ1) is 15.5. The van der Waals surface area contributed by atoms with Crippen molar-refractivity contribution in [3.05, 3.63) is 64.7 Å². The third kappa shape index (κ3) is 4.06. The van der Waals surface area contributed by atoms with Gasteiger partial charge in [-0.25, -0.2) is 9.69 Å². The van der Waals surface area contributed by atoms with Crippen LogP contribution in [0.1, 0.15) is 63.6 Å². The SMILES string of the molecule is Cc1ccc(N2C(=O)NC(=O)/C(=C\c3ccc4c(c3)C(C)CC(C)(C)N4C(C)C)C2=O)cc1. The number of carbonyl (C=O) groups excluding carboxylic acids is 3. The highest BCUT2D eigenvalue weighted by atomic mass is 16.2. The van der Waals surface area contributed by atoms with Crippen LogP contribution in [0.2, 0.25) is 0 Å². The molecule has 2 aromatic rings. The van der Waals surface area contributed by atoms with Crippen molar-refractivity contribution < 1.29 is 14.4 Å². The Hall–Kier alpha value is -3.41. The van der Waals surface area contributed by atoms with E-state index in [4.69, 9.17) is 0 Å². The molecule has 1 saturated heterocycles. The number of urea groups is 1. The van der Waals surface area contributed by atoms with E-state index in [0.29, 0.717) is 17.6 Å². The van der Waals surface area contributed by atoms with E-state index in [0.717, 1.165) is 22.4 Å². The Morgan fingerprint density at radius 2 is 1.73 bits per heavy atom. The summed E-state index contributed by atoms with van der Waals surface area (Å²) in [4.78, 5) is 41.6. The maximum atomic E-state index is 13.2. The number of anilines is 2. The summed E-state index contributed by atoms with van der Waals surface area (Å²) < 4.78 is 0. The lowest BCUT2D eigenvalue weighted by Crippen LogP contribution is -2.54. The number of hydrogen-bond acceptors (Lipinski definition) is 4. The lowest BCUT2D eigenvalue weighted by molar-refractivity contribution is -0.122. The van der Waals surface area contributed by atoms with Crippen LogP contribution in [0.25, 0.3) is 6.08 Å². The molecule has 6 heteroatoms. The first-order valence-electron chi connectivity index (χ1n) is 11.4. The fraction of sp³-hybridized carbons (Fsp3) is 0.370. The number of nitrogens with one attached hydrogen (secondary N) is 1. The normalized spacial score (nSPS) is 21.5. The minimum absolute atomic E-state index is 0.0364. The van der Waals surface area contributed by atoms with Crippen molar-refractivity contribution >= 4 is 35.3 Å². The highest BCUT2D eigenvalue weighted by Gasteiger charge is 2.39. The Labute approximate surface area is 195 Å². The van der Waals surface area contributed by atoms with Crippen LogP contribution in [-0.4, -0.2) is 29.4 Å². The Morgan fingerprint density at radius 1 is 1.06 bits per heavy atom. The molecule has 1 unspecified atom stereocenters. The molecule has 6 nitrogen and oxygen atoms in total. The van der Waals surface area contributed by atoms with E-state index in [1.165, 1.54) is 11.3 Å². The molecule has 1 N–H and O–H groups in total. The monoisotopic (exact) mass is 445 g/mol. The highest BCUT2D eigenvalue weighted by molar-refractivity contribution is 6.39. The zero-order chi connectivity index (χ0) is 24.1. The van der Waals surface area contributed by atoms with Crippen molar-refractivity contribution in [3.63, 3.8) is 0 Å². The van der Waals surface area contributed by atoms with Crippen LogP contribution in [0.5, 0.6) is 0 Å². The van der Waals surface area contributed by atoms with Gasteiger partial charge < -0.3 is 4.90 Å². The molecule has 0 bridgehead atoms. The largest absolute Gasteiger partial charge is 0.364 e. The molecule has 0 aromatic heterocycles. The summed E-state index contributed by atoms with van der Waals surface area (Å²) in [6.45, 7) is 13.1. The van der Waals surface area contributed by atoms with Gasteiger partial charge in [0.2, 0.25) is 0 Å². The molecule has 2 heterocycles. The minimum Gasteiger partial charge on any atom is -0.364 e. The maximum absolute atomic E-state index is 13.2. The molecule has 0 saturated carbocycles. The van der Waals surface area contributed by atoms with E-state index in [-0.39, 0.29) is 11.1 Å². The topological polar surface area (TPSA) is 69.7 Å². The fourth-order valence-corrected chi connectivity index (χ4v) is 5.29. The van der Waals surface area contributed by atoms with Gasteiger partial charge in [0, 0.05) is 17.3 Å². The van der Waals surface area contributed by atoms with E-state index in [9.17, 15) is 14.4 Å².